The van der Waals surface area contributed by atoms with Crippen molar-refractivity contribution in [2.45, 2.75) is 0 Å². The largest absolute Gasteiger partial charge is 0.366 e. The lowest BCUT2D eigenvalue weighted by molar-refractivity contribution is 0.789. The second kappa shape index (κ2) is 6.95. The third-order valence-corrected chi connectivity index (χ3v) is 2.97. The molecule has 0 amide bonds. The fourth-order valence-corrected chi connectivity index (χ4v) is 1.94. The van der Waals surface area contributed by atoms with Crippen LogP contribution in [0.15, 0.2) is 42.7 Å². The molecule has 0 spiro atoms. The van der Waals surface area contributed by atoms with Crippen molar-refractivity contribution >= 4 is 11.8 Å². The first-order valence-corrected chi connectivity index (χ1v) is 6.91. The molecule has 9 heteroatoms. The smallest absolute Gasteiger partial charge is 0.247 e. The Morgan fingerprint density at radius 1 is 1.04 bits per heavy atom. The number of nitriles is 1. The Labute approximate surface area is 132 Å². The highest BCUT2D eigenvalue weighted by Gasteiger charge is 2.07. The summed E-state index contributed by atoms with van der Waals surface area (Å²) in [7, 11) is 0. The zero-order chi connectivity index (χ0) is 15.9. The summed E-state index contributed by atoms with van der Waals surface area (Å²) in [5, 5.41) is 26.7. The van der Waals surface area contributed by atoms with Gasteiger partial charge in [0.15, 0.2) is 11.5 Å². The standard InChI is InChI=1S/C14H13N9/c15-10-12-13(17-7-6-16-12)18-8-9-19-14-20-21-22-23(14)11-4-2-1-3-5-11/h1-7H,8-9H2,(H,17,18)(H,19,20,22). The number of hydrogen-bond donors (Lipinski definition) is 2. The maximum atomic E-state index is 8.95. The summed E-state index contributed by atoms with van der Waals surface area (Å²) in [6.07, 6.45) is 3.02. The van der Waals surface area contributed by atoms with Crippen molar-refractivity contribution in [1.29, 1.82) is 5.26 Å². The molecule has 1 aromatic carbocycles. The van der Waals surface area contributed by atoms with Crippen LogP contribution in [0.5, 0.6) is 0 Å². The van der Waals surface area contributed by atoms with Crippen molar-refractivity contribution in [2.24, 2.45) is 0 Å². The average Bonchev–Trinajstić information content (AvgIpc) is 3.08. The van der Waals surface area contributed by atoms with Crippen LogP contribution < -0.4 is 10.6 Å². The molecule has 2 N–H and O–H groups in total. The molecule has 0 unspecified atom stereocenters. The molecule has 3 aromatic rings. The highest BCUT2D eigenvalue weighted by molar-refractivity contribution is 5.46. The fourth-order valence-electron chi connectivity index (χ4n) is 1.94. The minimum Gasteiger partial charge on any atom is -0.366 e. The molecule has 114 valence electrons. The predicted octanol–water partition coefficient (Wildman–Crippen LogP) is 0.848. The Balaban J connectivity index is 1.58. The maximum Gasteiger partial charge on any atom is 0.247 e. The van der Waals surface area contributed by atoms with Gasteiger partial charge in [0.05, 0.1) is 5.69 Å². The fraction of sp³-hybridized carbons (Fsp3) is 0.143. The van der Waals surface area contributed by atoms with E-state index in [0.717, 1.165) is 5.69 Å². The van der Waals surface area contributed by atoms with Gasteiger partial charge in [0.2, 0.25) is 5.95 Å². The second-order valence-electron chi connectivity index (χ2n) is 4.47. The van der Waals surface area contributed by atoms with Crippen LogP contribution in [0.25, 0.3) is 5.69 Å². The van der Waals surface area contributed by atoms with Crippen LogP contribution in [-0.4, -0.2) is 43.3 Å². The average molecular weight is 307 g/mol. The minimum absolute atomic E-state index is 0.265. The van der Waals surface area contributed by atoms with Crippen molar-refractivity contribution in [3.8, 4) is 11.8 Å². The molecule has 2 heterocycles. The Morgan fingerprint density at radius 3 is 2.65 bits per heavy atom. The van der Waals surface area contributed by atoms with Crippen molar-refractivity contribution in [3.63, 3.8) is 0 Å². The number of nitrogens with zero attached hydrogens (tertiary/aromatic N) is 7. The first kappa shape index (κ1) is 14.4. The van der Waals surface area contributed by atoms with E-state index in [0.29, 0.717) is 24.9 Å². The molecule has 0 fully saturated rings. The number of para-hydroxylation sites is 1. The Hall–Kier alpha value is -3.54. The van der Waals surface area contributed by atoms with E-state index in [1.807, 2.05) is 36.4 Å². The monoisotopic (exact) mass is 307 g/mol. The van der Waals surface area contributed by atoms with Gasteiger partial charge in [-0.1, -0.05) is 23.3 Å². The molecular weight excluding hydrogens is 294 g/mol. The first-order chi connectivity index (χ1) is 11.4. The molecule has 0 aliphatic heterocycles. The molecule has 0 aliphatic carbocycles. The summed E-state index contributed by atoms with van der Waals surface area (Å²) in [4.78, 5) is 8.02. The summed E-state index contributed by atoms with van der Waals surface area (Å²) >= 11 is 0. The van der Waals surface area contributed by atoms with E-state index in [-0.39, 0.29) is 5.69 Å². The van der Waals surface area contributed by atoms with E-state index in [2.05, 4.69) is 36.1 Å². The summed E-state index contributed by atoms with van der Waals surface area (Å²) in [5.41, 5.74) is 1.13. The van der Waals surface area contributed by atoms with Gasteiger partial charge in [0, 0.05) is 25.5 Å². The van der Waals surface area contributed by atoms with Crippen LogP contribution in [0.1, 0.15) is 5.69 Å². The quantitative estimate of drug-likeness (QED) is 0.643. The molecule has 0 saturated carbocycles. The van der Waals surface area contributed by atoms with Crippen molar-refractivity contribution < 1.29 is 0 Å². The van der Waals surface area contributed by atoms with Gasteiger partial charge in [-0.25, -0.2) is 9.97 Å². The van der Waals surface area contributed by atoms with Crippen LogP contribution in [0.3, 0.4) is 0 Å². The zero-order valence-electron chi connectivity index (χ0n) is 12.1. The van der Waals surface area contributed by atoms with Crippen LogP contribution >= 0.6 is 0 Å². The lowest BCUT2D eigenvalue weighted by Gasteiger charge is -2.08. The number of tetrazole rings is 1. The number of benzene rings is 1. The number of hydrogen-bond acceptors (Lipinski definition) is 8. The van der Waals surface area contributed by atoms with Crippen LogP contribution in [0.2, 0.25) is 0 Å². The molecule has 3 rings (SSSR count). The zero-order valence-corrected chi connectivity index (χ0v) is 12.1. The SMILES string of the molecule is N#Cc1nccnc1NCCNc1nnnn1-c1ccccc1. The highest BCUT2D eigenvalue weighted by Crippen LogP contribution is 2.10. The van der Waals surface area contributed by atoms with E-state index in [4.69, 9.17) is 5.26 Å². The van der Waals surface area contributed by atoms with E-state index in [9.17, 15) is 0 Å². The van der Waals surface area contributed by atoms with Crippen molar-refractivity contribution in [3.05, 3.63) is 48.4 Å². The van der Waals surface area contributed by atoms with Gasteiger partial charge >= 0.3 is 0 Å². The summed E-state index contributed by atoms with van der Waals surface area (Å²) < 4.78 is 1.61. The molecule has 2 aromatic heterocycles. The predicted molar refractivity (Wildman–Crippen MR) is 82.9 cm³/mol. The number of anilines is 2. The molecule has 0 atom stereocenters. The van der Waals surface area contributed by atoms with E-state index >= 15 is 0 Å². The van der Waals surface area contributed by atoms with Crippen LogP contribution in [-0.2, 0) is 0 Å². The van der Waals surface area contributed by atoms with Crippen LogP contribution in [0, 0.1) is 11.3 Å². The van der Waals surface area contributed by atoms with Crippen LogP contribution in [0.4, 0.5) is 11.8 Å². The second-order valence-corrected chi connectivity index (χ2v) is 4.47. The van der Waals surface area contributed by atoms with Gasteiger partial charge in [-0.15, -0.1) is 0 Å². The Kier molecular flexibility index (Phi) is 4.35. The summed E-state index contributed by atoms with van der Waals surface area (Å²) in [5.74, 6) is 0.997. The molecule has 0 saturated heterocycles. The highest BCUT2D eigenvalue weighted by atomic mass is 15.6. The Morgan fingerprint density at radius 2 is 1.83 bits per heavy atom. The summed E-state index contributed by atoms with van der Waals surface area (Å²) in [6, 6.07) is 11.6. The van der Waals surface area contributed by atoms with Gasteiger partial charge in [0.1, 0.15) is 6.07 Å². The third kappa shape index (κ3) is 3.38. The first-order valence-electron chi connectivity index (χ1n) is 6.91. The van der Waals surface area contributed by atoms with E-state index in [1.54, 1.807) is 4.68 Å². The number of nitrogens with one attached hydrogen (secondary N) is 2. The normalized spacial score (nSPS) is 10.0. The topological polar surface area (TPSA) is 117 Å². The lowest BCUT2D eigenvalue weighted by Crippen LogP contribution is -2.17. The van der Waals surface area contributed by atoms with Gasteiger partial charge in [0.25, 0.3) is 0 Å². The third-order valence-electron chi connectivity index (χ3n) is 2.97. The summed E-state index contributed by atoms with van der Waals surface area (Å²) in [6.45, 7) is 1.09. The number of rotatable bonds is 6. The lowest BCUT2D eigenvalue weighted by atomic mass is 10.3. The van der Waals surface area contributed by atoms with Gasteiger partial charge in [-0.05, 0) is 22.6 Å². The van der Waals surface area contributed by atoms with E-state index in [1.165, 1.54) is 12.4 Å². The minimum atomic E-state index is 0.265. The molecule has 23 heavy (non-hydrogen) atoms. The Bertz CT molecular complexity index is 806. The van der Waals surface area contributed by atoms with Crippen molar-refractivity contribution in [2.75, 3.05) is 23.7 Å². The van der Waals surface area contributed by atoms with Gasteiger partial charge in [-0.3, -0.25) is 0 Å². The van der Waals surface area contributed by atoms with Gasteiger partial charge in [-0.2, -0.15) is 9.94 Å². The molecule has 9 nitrogen and oxygen atoms in total. The van der Waals surface area contributed by atoms with E-state index < -0.39 is 0 Å². The number of aromatic nitrogens is 6. The van der Waals surface area contributed by atoms with Gasteiger partial charge < -0.3 is 10.6 Å². The molecule has 0 radical (unpaired) electrons. The molecule has 0 aliphatic rings. The van der Waals surface area contributed by atoms with Crippen molar-refractivity contribution in [1.82, 2.24) is 30.2 Å². The molecular formula is C14H13N9. The molecule has 0 bridgehead atoms. The maximum absolute atomic E-state index is 8.95.